The normalized spacial score (nSPS) is 11.5. The highest BCUT2D eigenvalue weighted by molar-refractivity contribution is 5.29. The second kappa shape index (κ2) is 3.20. The van der Waals surface area contributed by atoms with Gasteiger partial charge in [-0.1, -0.05) is 0 Å². The Bertz CT molecular complexity index is 310. The molecule has 6 heteroatoms. The third kappa shape index (κ3) is 2.57. The first-order chi connectivity index (χ1) is 5.90. The summed E-state index contributed by atoms with van der Waals surface area (Å²) < 4.78 is 51.2. The lowest BCUT2D eigenvalue weighted by Crippen LogP contribution is -2.18. The zero-order valence-corrected chi connectivity index (χ0v) is 6.52. The van der Waals surface area contributed by atoms with Crippen LogP contribution < -0.4 is 4.74 Å². The number of alkyl halides is 3. The Kier molecular flexibility index (Phi) is 2.40. The Morgan fingerprint density at radius 3 is 2.54 bits per heavy atom. The van der Waals surface area contributed by atoms with Crippen LogP contribution in [0.2, 0.25) is 0 Å². The van der Waals surface area contributed by atoms with Crippen LogP contribution in [0.1, 0.15) is 5.56 Å². The zero-order chi connectivity index (χ0) is 10.1. The summed E-state index contributed by atoms with van der Waals surface area (Å²) >= 11 is 0. The molecule has 1 rings (SSSR count). The summed E-state index contributed by atoms with van der Waals surface area (Å²) in [6.07, 6.45) is -3.90. The number of pyridine rings is 1. The summed E-state index contributed by atoms with van der Waals surface area (Å²) in [4.78, 5) is 3.16. The average Bonchev–Trinajstić information content (AvgIpc) is 1.96. The van der Waals surface area contributed by atoms with Gasteiger partial charge in [0, 0.05) is 11.8 Å². The van der Waals surface area contributed by atoms with Gasteiger partial charge < -0.3 is 4.74 Å². The van der Waals surface area contributed by atoms with Gasteiger partial charge in [-0.2, -0.15) is 4.39 Å². The van der Waals surface area contributed by atoms with E-state index in [1.165, 1.54) is 0 Å². The van der Waals surface area contributed by atoms with Gasteiger partial charge in [0.05, 0.1) is 0 Å². The molecule has 0 saturated carbocycles. The largest absolute Gasteiger partial charge is 0.573 e. The summed E-state index contributed by atoms with van der Waals surface area (Å²) in [5, 5.41) is 0. The van der Waals surface area contributed by atoms with Crippen molar-refractivity contribution in [3.63, 3.8) is 0 Å². The van der Waals surface area contributed by atoms with E-state index < -0.39 is 18.1 Å². The van der Waals surface area contributed by atoms with Crippen LogP contribution in [0.4, 0.5) is 17.6 Å². The lowest BCUT2D eigenvalue weighted by Gasteiger charge is -2.10. The van der Waals surface area contributed by atoms with E-state index in [0.29, 0.717) is 0 Å². The van der Waals surface area contributed by atoms with Gasteiger partial charge in [0.2, 0.25) is 5.95 Å². The fourth-order valence-electron chi connectivity index (χ4n) is 0.729. The molecule has 0 atom stereocenters. The maximum absolute atomic E-state index is 12.6. The smallest absolute Gasteiger partial charge is 0.405 e. The minimum atomic E-state index is -4.81. The quantitative estimate of drug-likeness (QED) is 0.507. The molecule has 0 aliphatic rings. The first-order valence-corrected chi connectivity index (χ1v) is 3.27. The molecular weight excluding hydrogens is 190 g/mol. The molecule has 72 valence electrons. The molecular formula is C7H5F4NO. The summed E-state index contributed by atoms with van der Waals surface area (Å²) in [5.74, 6) is -1.54. The van der Waals surface area contributed by atoms with Gasteiger partial charge >= 0.3 is 6.36 Å². The minimum absolute atomic E-state index is 0.264. The molecule has 0 amide bonds. The van der Waals surface area contributed by atoms with Gasteiger partial charge in [0.15, 0.2) is 0 Å². The van der Waals surface area contributed by atoms with Crippen LogP contribution in [0.5, 0.6) is 5.75 Å². The predicted octanol–water partition coefficient (Wildman–Crippen LogP) is 2.43. The first-order valence-electron chi connectivity index (χ1n) is 3.27. The van der Waals surface area contributed by atoms with Crippen molar-refractivity contribution in [2.75, 3.05) is 0 Å². The number of ether oxygens (including phenoxy) is 1. The highest BCUT2D eigenvalue weighted by atomic mass is 19.4. The van der Waals surface area contributed by atoms with Gasteiger partial charge in [-0.25, -0.2) is 4.98 Å². The monoisotopic (exact) mass is 195 g/mol. The van der Waals surface area contributed by atoms with E-state index in [-0.39, 0.29) is 5.56 Å². The highest BCUT2D eigenvalue weighted by Crippen LogP contribution is 2.25. The van der Waals surface area contributed by atoms with Crippen molar-refractivity contribution >= 4 is 0 Å². The molecule has 0 bridgehead atoms. The van der Waals surface area contributed by atoms with Crippen LogP contribution in [-0.4, -0.2) is 11.3 Å². The second-order valence-corrected chi connectivity index (χ2v) is 2.27. The van der Waals surface area contributed by atoms with Crippen molar-refractivity contribution in [1.29, 1.82) is 0 Å². The maximum atomic E-state index is 12.6. The Balaban J connectivity index is 2.96. The van der Waals surface area contributed by atoms with Gasteiger partial charge in [-0.05, 0) is 13.0 Å². The maximum Gasteiger partial charge on any atom is 0.573 e. The molecule has 0 unspecified atom stereocenters. The van der Waals surface area contributed by atoms with E-state index in [2.05, 4.69) is 9.72 Å². The first kappa shape index (κ1) is 9.76. The van der Waals surface area contributed by atoms with E-state index in [0.717, 1.165) is 19.2 Å². The molecule has 0 N–H and O–H groups in total. The lowest BCUT2D eigenvalue weighted by molar-refractivity contribution is -0.274. The SMILES string of the molecule is Cc1c(OC(F)(F)F)ccnc1F. The van der Waals surface area contributed by atoms with Gasteiger partial charge in [-0.3, -0.25) is 0 Å². The number of aromatic nitrogens is 1. The third-order valence-corrected chi connectivity index (χ3v) is 1.32. The Hall–Kier alpha value is -1.33. The molecule has 13 heavy (non-hydrogen) atoms. The fraction of sp³-hybridized carbons (Fsp3) is 0.286. The Labute approximate surface area is 71.2 Å². The molecule has 1 heterocycles. The molecule has 1 aromatic heterocycles. The van der Waals surface area contributed by atoms with Crippen LogP contribution in [0, 0.1) is 12.9 Å². The molecule has 0 spiro atoms. The topological polar surface area (TPSA) is 22.1 Å². The summed E-state index contributed by atoms with van der Waals surface area (Å²) in [7, 11) is 0. The van der Waals surface area contributed by atoms with E-state index in [1.54, 1.807) is 0 Å². The average molecular weight is 195 g/mol. The number of rotatable bonds is 1. The number of hydrogen-bond acceptors (Lipinski definition) is 2. The Morgan fingerprint density at radius 1 is 1.38 bits per heavy atom. The molecule has 0 aliphatic heterocycles. The number of hydrogen-bond donors (Lipinski definition) is 0. The molecule has 0 aliphatic carbocycles. The van der Waals surface area contributed by atoms with Crippen molar-refractivity contribution in [2.45, 2.75) is 13.3 Å². The fourth-order valence-corrected chi connectivity index (χ4v) is 0.729. The summed E-state index contributed by atoms with van der Waals surface area (Å²) in [6, 6.07) is 0.950. The zero-order valence-electron chi connectivity index (χ0n) is 6.52. The van der Waals surface area contributed by atoms with E-state index in [4.69, 9.17) is 0 Å². The van der Waals surface area contributed by atoms with Crippen LogP contribution in [0.15, 0.2) is 12.3 Å². The van der Waals surface area contributed by atoms with Crippen molar-refractivity contribution < 1.29 is 22.3 Å². The van der Waals surface area contributed by atoms with Crippen LogP contribution >= 0.6 is 0 Å². The third-order valence-electron chi connectivity index (χ3n) is 1.32. The van der Waals surface area contributed by atoms with Crippen molar-refractivity contribution in [1.82, 2.24) is 4.98 Å². The summed E-state index contributed by atoms with van der Waals surface area (Å²) in [6.45, 7) is 1.16. The predicted molar refractivity (Wildman–Crippen MR) is 35.6 cm³/mol. The van der Waals surface area contributed by atoms with E-state index in [1.807, 2.05) is 0 Å². The molecule has 2 nitrogen and oxygen atoms in total. The Morgan fingerprint density at radius 2 is 2.00 bits per heavy atom. The number of halogens is 4. The second-order valence-electron chi connectivity index (χ2n) is 2.27. The standard InChI is InChI=1S/C7H5F4NO/c1-4-5(13-7(9,10)11)2-3-12-6(4)8/h2-3H,1H3. The van der Waals surface area contributed by atoms with Gasteiger partial charge in [-0.15, -0.1) is 13.2 Å². The van der Waals surface area contributed by atoms with Crippen LogP contribution in [0.3, 0.4) is 0 Å². The van der Waals surface area contributed by atoms with Crippen molar-refractivity contribution in [3.05, 3.63) is 23.8 Å². The van der Waals surface area contributed by atoms with E-state index >= 15 is 0 Å². The van der Waals surface area contributed by atoms with Crippen molar-refractivity contribution in [3.8, 4) is 5.75 Å². The molecule has 1 aromatic rings. The summed E-state index contributed by atoms with van der Waals surface area (Å²) in [5.41, 5.74) is -0.264. The van der Waals surface area contributed by atoms with Crippen LogP contribution in [0.25, 0.3) is 0 Å². The molecule has 0 aromatic carbocycles. The molecule has 0 saturated heterocycles. The van der Waals surface area contributed by atoms with Gasteiger partial charge in [0.1, 0.15) is 5.75 Å². The van der Waals surface area contributed by atoms with Gasteiger partial charge in [0.25, 0.3) is 0 Å². The van der Waals surface area contributed by atoms with E-state index in [9.17, 15) is 17.6 Å². The van der Waals surface area contributed by atoms with Crippen molar-refractivity contribution in [2.24, 2.45) is 0 Å². The highest BCUT2D eigenvalue weighted by Gasteiger charge is 2.32. The van der Waals surface area contributed by atoms with Crippen LogP contribution in [-0.2, 0) is 0 Å². The molecule has 0 radical (unpaired) electrons. The lowest BCUT2D eigenvalue weighted by atomic mass is 10.3. The number of nitrogens with zero attached hydrogens (tertiary/aromatic N) is 1. The minimum Gasteiger partial charge on any atom is -0.405 e. The molecule has 0 fully saturated rings.